The van der Waals surface area contributed by atoms with Gasteiger partial charge in [0.2, 0.25) is 0 Å². The third-order valence-corrected chi connectivity index (χ3v) is 3.90. The summed E-state index contributed by atoms with van der Waals surface area (Å²) in [4.78, 5) is 0. The van der Waals surface area contributed by atoms with Crippen LogP contribution < -0.4 is 10.5 Å². The standard InChI is InChI=1S/C16H24FNO/c1-10-6-11(2)8-14(7-10)19-16-9-13(17)4-5-15(16)12(3)18/h4-5,9-12,14H,6-8,18H2,1-3H3. The van der Waals surface area contributed by atoms with Crippen molar-refractivity contribution in [3.8, 4) is 5.75 Å². The molecule has 0 amide bonds. The van der Waals surface area contributed by atoms with Crippen molar-refractivity contribution in [2.75, 3.05) is 0 Å². The number of hydrogen-bond acceptors (Lipinski definition) is 2. The topological polar surface area (TPSA) is 35.2 Å². The average molecular weight is 265 g/mol. The van der Waals surface area contributed by atoms with Gasteiger partial charge in [0.15, 0.2) is 0 Å². The highest BCUT2D eigenvalue weighted by Crippen LogP contribution is 2.33. The lowest BCUT2D eigenvalue weighted by Gasteiger charge is -2.32. The van der Waals surface area contributed by atoms with Crippen molar-refractivity contribution >= 4 is 0 Å². The third-order valence-electron chi connectivity index (χ3n) is 3.90. The van der Waals surface area contributed by atoms with Gasteiger partial charge in [0.05, 0.1) is 6.10 Å². The molecule has 1 saturated carbocycles. The molecule has 1 aliphatic rings. The Balaban J connectivity index is 2.15. The number of ether oxygens (including phenoxy) is 1. The number of nitrogens with two attached hydrogens (primary N) is 1. The number of halogens is 1. The Morgan fingerprint density at radius 2 is 1.84 bits per heavy atom. The Kier molecular flexibility index (Phi) is 4.46. The molecule has 1 fully saturated rings. The van der Waals surface area contributed by atoms with E-state index in [-0.39, 0.29) is 18.0 Å². The second-order valence-electron chi connectivity index (χ2n) is 6.13. The minimum absolute atomic E-state index is 0.144. The molecule has 0 spiro atoms. The van der Waals surface area contributed by atoms with E-state index in [9.17, 15) is 4.39 Å². The van der Waals surface area contributed by atoms with Gasteiger partial charge in [-0.05, 0) is 44.1 Å². The van der Waals surface area contributed by atoms with E-state index in [4.69, 9.17) is 10.5 Å². The van der Waals surface area contributed by atoms with Gasteiger partial charge in [-0.1, -0.05) is 19.9 Å². The molecule has 1 aromatic carbocycles. The molecule has 0 aliphatic heterocycles. The number of hydrogen-bond donors (Lipinski definition) is 1. The third kappa shape index (κ3) is 3.69. The molecule has 0 heterocycles. The molecule has 2 N–H and O–H groups in total. The predicted molar refractivity (Wildman–Crippen MR) is 75.6 cm³/mol. The van der Waals surface area contributed by atoms with Gasteiger partial charge in [-0.15, -0.1) is 0 Å². The van der Waals surface area contributed by atoms with Crippen molar-refractivity contribution in [2.45, 2.75) is 52.2 Å². The Morgan fingerprint density at radius 1 is 1.21 bits per heavy atom. The van der Waals surface area contributed by atoms with Gasteiger partial charge in [-0.3, -0.25) is 0 Å². The molecule has 0 aromatic heterocycles. The Morgan fingerprint density at radius 3 is 2.42 bits per heavy atom. The maximum absolute atomic E-state index is 13.4. The summed E-state index contributed by atoms with van der Waals surface area (Å²) in [6.07, 6.45) is 3.51. The van der Waals surface area contributed by atoms with Gasteiger partial charge in [-0.25, -0.2) is 4.39 Å². The van der Waals surface area contributed by atoms with Gasteiger partial charge in [0.1, 0.15) is 11.6 Å². The first-order valence-electron chi connectivity index (χ1n) is 7.17. The van der Waals surface area contributed by atoms with Crippen LogP contribution in [0.25, 0.3) is 0 Å². The van der Waals surface area contributed by atoms with Gasteiger partial charge < -0.3 is 10.5 Å². The van der Waals surface area contributed by atoms with E-state index in [0.717, 1.165) is 18.4 Å². The van der Waals surface area contributed by atoms with Crippen LogP contribution in [0.15, 0.2) is 18.2 Å². The molecule has 19 heavy (non-hydrogen) atoms. The summed E-state index contributed by atoms with van der Waals surface area (Å²) < 4.78 is 19.4. The van der Waals surface area contributed by atoms with Crippen LogP contribution in [0.1, 0.15) is 51.6 Å². The fraction of sp³-hybridized carbons (Fsp3) is 0.625. The van der Waals surface area contributed by atoms with E-state index in [1.54, 1.807) is 6.07 Å². The largest absolute Gasteiger partial charge is 0.490 e. The van der Waals surface area contributed by atoms with Crippen LogP contribution in [0.3, 0.4) is 0 Å². The van der Waals surface area contributed by atoms with Crippen LogP contribution in [0.2, 0.25) is 0 Å². The summed E-state index contributed by atoms with van der Waals surface area (Å²) in [6, 6.07) is 4.49. The SMILES string of the molecule is CC1CC(C)CC(Oc2cc(F)ccc2C(C)N)C1. The van der Waals surface area contributed by atoms with E-state index >= 15 is 0 Å². The summed E-state index contributed by atoms with van der Waals surface area (Å²) in [5.74, 6) is 1.68. The van der Waals surface area contributed by atoms with E-state index in [0.29, 0.717) is 17.6 Å². The van der Waals surface area contributed by atoms with Crippen LogP contribution in [-0.2, 0) is 0 Å². The summed E-state index contributed by atoms with van der Waals surface area (Å²) in [5.41, 5.74) is 6.80. The minimum atomic E-state index is -0.267. The highest BCUT2D eigenvalue weighted by atomic mass is 19.1. The van der Waals surface area contributed by atoms with Crippen LogP contribution in [0.5, 0.6) is 5.75 Å². The maximum atomic E-state index is 13.4. The summed E-state index contributed by atoms with van der Waals surface area (Å²) in [5, 5.41) is 0. The average Bonchev–Trinajstić information content (AvgIpc) is 2.26. The van der Waals surface area contributed by atoms with Crippen molar-refractivity contribution in [2.24, 2.45) is 17.6 Å². The lowest BCUT2D eigenvalue weighted by atomic mass is 9.82. The van der Waals surface area contributed by atoms with Crippen molar-refractivity contribution < 1.29 is 9.13 Å². The molecule has 0 bridgehead atoms. The first kappa shape index (κ1) is 14.3. The van der Waals surface area contributed by atoms with Crippen molar-refractivity contribution in [3.63, 3.8) is 0 Å². The fourth-order valence-corrected chi connectivity index (χ4v) is 3.14. The van der Waals surface area contributed by atoms with E-state index < -0.39 is 0 Å². The monoisotopic (exact) mass is 265 g/mol. The molecule has 3 atom stereocenters. The molecule has 1 aromatic rings. The molecule has 0 saturated heterocycles. The quantitative estimate of drug-likeness (QED) is 0.895. The first-order chi connectivity index (χ1) is 8.95. The molecule has 1 aliphatic carbocycles. The molecular weight excluding hydrogens is 241 g/mol. The zero-order valence-corrected chi connectivity index (χ0v) is 12.0. The second kappa shape index (κ2) is 5.91. The highest BCUT2D eigenvalue weighted by molar-refractivity contribution is 5.36. The smallest absolute Gasteiger partial charge is 0.127 e. The Hall–Kier alpha value is -1.09. The van der Waals surface area contributed by atoms with Crippen LogP contribution >= 0.6 is 0 Å². The first-order valence-corrected chi connectivity index (χ1v) is 7.17. The molecule has 3 heteroatoms. The summed E-state index contributed by atoms with van der Waals surface area (Å²) in [7, 11) is 0. The molecule has 2 nitrogen and oxygen atoms in total. The highest BCUT2D eigenvalue weighted by Gasteiger charge is 2.26. The molecule has 0 radical (unpaired) electrons. The van der Waals surface area contributed by atoms with Crippen molar-refractivity contribution in [3.05, 3.63) is 29.6 Å². The van der Waals surface area contributed by atoms with Crippen molar-refractivity contribution in [1.82, 2.24) is 0 Å². The van der Waals surface area contributed by atoms with Gasteiger partial charge in [0.25, 0.3) is 0 Å². The molecule has 3 unspecified atom stereocenters. The number of rotatable bonds is 3. The molecular formula is C16H24FNO. The van der Waals surface area contributed by atoms with Crippen molar-refractivity contribution in [1.29, 1.82) is 0 Å². The van der Waals surface area contributed by atoms with E-state index in [1.165, 1.54) is 18.6 Å². The Labute approximate surface area is 115 Å². The maximum Gasteiger partial charge on any atom is 0.127 e. The lowest BCUT2D eigenvalue weighted by molar-refractivity contribution is 0.0995. The minimum Gasteiger partial charge on any atom is -0.490 e. The van der Waals surface area contributed by atoms with Gasteiger partial charge >= 0.3 is 0 Å². The van der Waals surface area contributed by atoms with Gasteiger partial charge in [-0.2, -0.15) is 0 Å². The summed E-state index contributed by atoms with van der Waals surface area (Å²) in [6.45, 7) is 6.40. The fourth-order valence-electron chi connectivity index (χ4n) is 3.14. The number of benzene rings is 1. The summed E-state index contributed by atoms with van der Waals surface area (Å²) >= 11 is 0. The molecule has 2 rings (SSSR count). The van der Waals surface area contributed by atoms with Crippen LogP contribution in [0, 0.1) is 17.7 Å². The van der Waals surface area contributed by atoms with Gasteiger partial charge in [0, 0.05) is 17.7 Å². The molecule has 106 valence electrons. The van der Waals surface area contributed by atoms with E-state index in [1.807, 2.05) is 6.92 Å². The lowest BCUT2D eigenvalue weighted by Crippen LogP contribution is -2.29. The van der Waals surface area contributed by atoms with Crippen LogP contribution in [0.4, 0.5) is 4.39 Å². The predicted octanol–water partition coefficient (Wildman–Crippen LogP) is 4.05. The zero-order chi connectivity index (χ0) is 14.0. The Bertz CT molecular complexity index is 423. The zero-order valence-electron chi connectivity index (χ0n) is 12.0. The second-order valence-corrected chi connectivity index (χ2v) is 6.13. The normalized spacial score (nSPS) is 29.0. The van der Waals surface area contributed by atoms with E-state index in [2.05, 4.69) is 13.8 Å². The van der Waals surface area contributed by atoms with Crippen LogP contribution in [-0.4, -0.2) is 6.10 Å².